The number of halogens is 6. The third kappa shape index (κ3) is 4.84. The normalized spacial score (nSPS) is 14.4. The van der Waals surface area contributed by atoms with Gasteiger partial charge in [0.2, 0.25) is 0 Å². The average Bonchev–Trinajstić information content (AvgIpc) is 1.98. The van der Waals surface area contributed by atoms with Gasteiger partial charge in [0.05, 0.1) is 6.42 Å². The molecule has 0 spiro atoms. The van der Waals surface area contributed by atoms with Crippen molar-refractivity contribution < 1.29 is 41.0 Å². The highest BCUT2D eigenvalue weighted by Gasteiger charge is 2.47. The second kappa shape index (κ2) is 4.58. The third-order valence-electron chi connectivity index (χ3n) is 1.34. The lowest BCUT2D eigenvalue weighted by atomic mass is 10.2. The number of hydrogen-bond donors (Lipinski definition) is 2. The van der Waals surface area contributed by atoms with E-state index >= 15 is 0 Å². The maximum absolute atomic E-state index is 12.0. The molecule has 0 rings (SSSR count). The van der Waals surface area contributed by atoms with Gasteiger partial charge < -0.3 is 10.4 Å². The summed E-state index contributed by atoms with van der Waals surface area (Å²) in [5.41, 5.74) is 0. The van der Waals surface area contributed by atoms with Crippen molar-refractivity contribution in [3.63, 3.8) is 0 Å². The van der Waals surface area contributed by atoms with E-state index < -0.39 is 36.7 Å². The minimum atomic E-state index is -5.50. The van der Waals surface area contributed by atoms with Crippen LogP contribution in [0.4, 0.5) is 26.3 Å². The molecule has 0 radical (unpaired) electrons. The van der Waals surface area contributed by atoms with Crippen molar-refractivity contribution >= 4 is 11.9 Å². The first-order valence-electron chi connectivity index (χ1n) is 3.60. The van der Waals surface area contributed by atoms with Gasteiger partial charge in [0.25, 0.3) is 0 Å². The van der Waals surface area contributed by atoms with Crippen LogP contribution in [0, 0.1) is 0 Å². The maximum atomic E-state index is 12.0. The molecule has 0 aliphatic heterocycles. The van der Waals surface area contributed by atoms with Crippen molar-refractivity contribution in [3.8, 4) is 0 Å². The van der Waals surface area contributed by atoms with Crippen molar-refractivity contribution in [3.05, 3.63) is 0 Å². The molecule has 1 unspecified atom stereocenters. The Morgan fingerprint density at radius 3 is 1.81 bits per heavy atom. The van der Waals surface area contributed by atoms with E-state index in [0.717, 1.165) is 0 Å². The molecule has 10 heteroatoms. The molecule has 16 heavy (non-hydrogen) atoms. The van der Waals surface area contributed by atoms with E-state index in [1.807, 2.05) is 0 Å². The van der Waals surface area contributed by atoms with Gasteiger partial charge >= 0.3 is 24.2 Å². The van der Waals surface area contributed by atoms with Gasteiger partial charge in [-0.2, -0.15) is 26.3 Å². The van der Waals surface area contributed by atoms with Gasteiger partial charge in [-0.3, -0.25) is 9.59 Å². The third-order valence-corrected chi connectivity index (χ3v) is 1.34. The zero-order chi connectivity index (χ0) is 13.1. The first-order valence-corrected chi connectivity index (χ1v) is 3.60. The minimum absolute atomic E-state index is 0.558. The highest BCUT2D eigenvalue weighted by atomic mass is 19.4. The van der Waals surface area contributed by atoms with Crippen LogP contribution in [0.3, 0.4) is 0 Å². The summed E-state index contributed by atoms with van der Waals surface area (Å²) in [7, 11) is 0. The second-order valence-corrected chi connectivity index (χ2v) is 2.66. The average molecular weight is 253 g/mol. The summed E-state index contributed by atoms with van der Waals surface area (Å²) in [6.07, 6.45) is -12.4. The summed E-state index contributed by atoms with van der Waals surface area (Å²) in [6.45, 7) is 0. The number of carbonyl (C=O) groups is 2. The summed E-state index contributed by atoms with van der Waals surface area (Å²) in [4.78, 5) is 20.1. The molecule has 0 aromatic carbocycles. The van der Waals surface area contributed by atoms with Crippen molar-refractivity contribution in [1.29, 1.82) is 0 Å². The smallest absolute Gasteiger partial charge is 0.471 e. The maximum Gasteiger partial charge on any atom is 0.471 e. The molecule has 2 N–H and O–H groups in total. The van der Waals surface area contributed by atoms with Crippen LogP contribution in [-0.2, 0) is 9.59 Å². The Bertz CT molecular complexity index is 283. The number of aliphatic carboxylic acids is 1. The monoisotopic (exact) mass is 253 g/mol. The van der Waals surface area contributed by atoms with E-state index in [0.29, 0.717) is 5.32 Å². The number of carbonyl (C=O) groups excluding carboxylic acids is 1. The number of carboxylic acids is 1. The second-order valence-electron chi connectivity index (χ2n) is 2.66. The molecule has 0 saturated heterocycles. The van der Waals surface area contributed by atoms with Crippen LogP contribution in [0.5, 0.6) is 0 Å². The fraction of sp³-hybridized carbons (Fsp3) is 0.667. The number of nitrogens with one attached hydrogen (secondary N) is 1. The molecule has 1 atom stereocenters. The molecule has 94 valence electrons. The Morgan fingerprint density at radius 1 is 1.12 bits per heavy atom. The quantitative estimate of drug-likeness (QED) is 0.739. The van der Waals surface area contributed by atoms with E-state index in [1.165, 1.54) is 0 Å². The topological polar surface area (TPSA) is 66.4 Å². The Morgan fingerprint density at radius 2 is 1.56 bits per heavy atom. The number of amides is 1. The Balaban J connectivity index is 4.70. The van der Waals surface area contributed by atoms with Crippen molar-refractivity contribution in [2.24, 2.45) is 0 Å². The van der Waals surface area contributed by atoms with Crippen molar-refractivity contribution in [2.75, 3.05) is 0 Å². The number of hydrogen-bond acceptors (Lipinski definition) is 2. The van der Waals surface area contributed by atoms with Crippen LogP contribution in [0.1, 0.15) is 6.42 Å². The fourth-order valence-electron chi connectivity index (χ4n) is 0.663. The zero-order valence-electron chi connectivity index (χ0n) is 7.32. The summed E-state index contributed by atoms with van der Waals surface area (Å²) >= 11 is 0. The van der Waals surface area contributed by atoms with Crippen LogP contribution < -0.4 is 5.32 Å². The highest BCUT2D eigenvalue weighted by Crippen LogP contribution is 2.24. The number of carboxylic acid groups (broad SMARTS) is 1. The van der Waals surface area contributed by atoms with Gasteiger partial charge in [-0.05, 0) is 0 Å². The van der Waals surface area contributed by atoms with Crippen LogP contribution in [0.15, 0.2) is 0 Å². The van der Waals surface area contributed by atoms with Gasteiger partial charge in [-0.1, -0.05) is 0 Å². The number of rotatable bonds is 3. The Labute approximate surface area is 84.2 Å². The number of alkyl halides is 6. The van der Waals surface area contributed by atoms with Crippen molar-refractivity contribution in [2.45, 2.75) is 24.8 Å². The Kier molecular flexibility index (Phi) is 4.15. The van der Waals surface area contributed by atoms with E-state index in [2.05, 4.69) is 0 Å². The summed E-state index contributed by atoms with van der Waals surface area (Å²) in [6, 6.07) is -3.07. The van der Waals surface area contributed by atoms with E-state index in [9.17, 15) is 35.9 Å². The molecule has 0 fully saturated rings. The largest absolute Gasteiger partial charge is 0.481 e. The molecule has 0 aromatic rings. The first-order chi connectivity index (χ1) is 6.94. The van der Waals surface area contributed by atoms with Crippen molar-refractivity contribution in [1.82, 2.24) is 5.32 Å². The van der Waals surface area contributed by atoms with Crippen LogP contribution in [-0.4, -0.2) is 35.4 Å². The van der Waals surface area contributed by atoms with Gasteiger partial charge in [0, 0.05) is 0 Å². The molecule has 0 heterocycles. The minimum Gasteiger partial charge on any atom is -0.481 e. The van der Waals surface area contributed by atoms with E-state index in [-0.39, 0.29) is 0 Å². The van der Waals surface area contributed by atoms with Gasteiger partial charge in [0.1, 0.15) is 6.04 Å². The van der Waals surface area contributed by atoms with Gasteiger partial charge in [-0.15, -0.1) is 0 Å². The molecule has 0 aliphatic rings. The highest BCUT2D eigenvalue weighted by molar-refractivity contribution is 5.82. The van der Waals surface area contributed by atoms with E-state index in [1.54, 1.807) is 0 Å². The standard InChI is InChI=1S/C6H5F6NO3/c7-5(8,9)2(1-3(14)15)13-4(16)6(10,11)12/h2H,1H2,(H,13,16)(H,14,15). The fourth-order valence-corrected chi connectivity index (χ4v) is 0.663. The molecule has 0 bridgehead atoms. The van der Waals surface area contributed by atoms with Gasteiger partial charge in [0.15, 0.2) is 0 Å². The molecule has 0 aromatic heterocycles. The molecule has 0 saturated carbocycles. The molecule has 0 aliphatic carbocycles. The lowest BCUT2D eigenvalue weighted by molar-refractivity contribution is -0.189. The first kappa shape index (κ1) is 14.5. The molecular formula is C6H5F6NO3. The summed E-state index contributed by atoms with van der Waals surface area (Å²) in [5.74, 6) is -4.82. The summed E-state index contributed by atoms with van der Waals surface area (Å²) in [5, 5.41) is 8.59. The summed E-state index contributed by atoms with van der Waals surface area (Å²) < 4.78 is 70.8. The van der Waals surface area contributed by atoms with Crippen LogP contribution in [0.25, 0.3) is 0 Å². The molecule has 1 amide bonds. The molecular weight excluding hydrogens is 248 g/mol. The lowest BCUT2D eigenvalue weighted by Gasteiger charge is -2.20. The van der Waals surface area contributed by atoms with Crippen LogP contribution in [0.2, 0.25) is 0 Å². The van der Waals surface area contributed by atoms with E-state index in [4.69, 9.17) is 5.11 Å². The van der Waals surface area contributed by atoms with Gasteiger partial charge in [-0.25, -0.2) is 0 Å². The molecule has 4 nitrogen and oxygen atoms in total. The predicted molar refractivity (Wildman–Crippen MR) is 36.3 cm³/mol. The Hall–Kier alpha value is -1.48. The van der Waals surface area contributed by atoms with Crippen LogP contribution >= 0.6 is 0 Å². The zero-order valence-corrected chi connectivity index (χ0v) is 7.32. The predicted octanol–water partition coefficient (Wildman–Crippen LogP) is 1.07. The SMILES string of the molecule is O=C(O)CC(NC(=O)C(F)(F)F)C(F)(F)F. The lowest BCUT2D eigenvalue weighted by Crippen LogP contribution is -2.50.